The second-order valence-electron chi connectivity index (χ2n) is 0.636. The summed E-state index contributed by atoms with van der Waals surface area (Å²) < 4.78 is 18.8. The van der Waals surface area contributed by atoms with Crippen LogP contribution in [0.4, 0.5) is 0 Å². The third kappa shape index (κ3) is 3.40. The monoisotopic (exact) mass is 106 g/mol. The van der Waals surface area contributed by atoms with Crippen LogP contribution < -0.4 is 5.14 Å². The average molecular weight is 106 g/mol. The summed E-state index contributed by atoms with van der Waals surface area (Å²) in [6.45, 7) is 0. The van der Waals surface area contributed by atoms with E-state index in [1.165, 1.54) is 0 Å². The molecule has 0 saturated carbocycles. The van der Waals surface area contributed by atoms with Crippen LogP contribution in [0.25, 0.3) is 0 Å². The highest BCUT2D eigenvalue weighted by molar-refractivity contribution is 7.93. The van der Waals surface area contributed by atoms with Crippen LogP contribution in [0.1, 0.15) is 0 Å². The van der Waals surface area contributed by atoms with Gasteiger partial charge in [0.25, 0.3) is 0 Å². The van der Waals surface area contributed by atoms with Crippen LogP contribution in [0.5, 0.6) is 0 Å². The van der Waals surface area contributed by atoms with E-state index in [4.69, 9.17) is 5.26 Å². The Bertz CT molecular complexity index is 160. The van der Waals surface area contributed by atoms with Gasteiger partial charge in [0, 0.05) is 0 Å². The Morgan fingerprint density at radius 2 is 1.83 bits per heavy atom. The smallest absolute Gasteiger partial charge is 0.216 e. The standard InChI is InChI=1S/CH2N2O2S/c2-1-6(3,4)5/h(H2,3,4,5). The van der Waals surface area contributed by atoms with E-state index in [0.29, 0.717) is 0 Å². The van der Waals surface area contributed by atoms with Crippen LogP contribution in [0.3, 0.4) is 0 Å². The highest BCUT2D eigenvalue weighted by Gasteiger charge is 1.90. The van der Waals surface area contributed by atoms with Gasteiger partial charge in [-0.05, 0) is 0 Å². The van der Waals surface area contributed by atoms with E-state index < -0.39 is 10.0 Å². The average Bonchev–Trinajstić information content (AvgIpc) is 1.35. The van der Waals surface area contributed by atoms with Crippen LogP contribution >= 0.6 is 0 Å². The Hall–Kier alpha value is -0.600. The SMILES string of the molecule is N#CS(N)(=O)=O. The lowest BCUT2D eigenvalue weighted by Crippen LogP contribution is -2.06. The molecule has 0 aromatic heterocycles. The quantitative estimate of drug-likeness (QED) is 0.309. The predicted octanol–water partition coefficient (Wildman–Crippen LogP) is -1.24. The molecule has 0 radical (unpaired) electrons. The van der Waals surface area contributed by atoms with Crippen molar-refractivity contribution < 1.29 is 8.42 Å². The van der Waals surface area contributed by atoms with Gasteiger partial charge in [0.2, 0.25) is 5.40 Å². The van der Waals surface area contributed by atoms with E-state index in [2.05, 4.69) is 5.14 Å². The molecule has 0 unspecified atom stereocenters. The highest BCUT2D eigenvalue weighted by atomic mass is 32.2. The Labute approximate surface area is 35.2 Å². The molecule has 34 valence electrons. The van der Waals surface area contributed by atoms with Crippen LogP contribution in [0.2, 0.25) is 0 Å². The topological polar surface area (TPSA) is 83.9 Å². The minimum absolute atomic E-state index is 0.854. The minimum Gasteiger partial charge on any atom is -0.216 e. The van der Waals surface area contributed by atoms with E-state index in [9.17, 15) is 8.42 Å². The molecule has 0 aliphatic heterocycles. The number of rotatable bonds is 0. The highest BCUT2D eigenvalue weighted by Crippen LogP contribution is 1.61. The van der Waals surface area contributed by atoms with Crippen molar-refractivity contribution in [3.63, 3.8) is 0 Å². The lowest BCUT2D eigenvalue weighted by molar-refractivity contribution is 0.607. The van der Waals surface area contributed by atoms with Gasteiger partial charge in [0.05, 0.1) is 0 Å². The molecule has 0 fully saturated rings. The number of thiocyanates is 1. The summed E-state index contributed by atoms with van der Waals surface area (Å²) in [7, 11) is -3.86. The Balaban J connectivity index is 4.41. The first-order valence-corrected chi connectivity index (χ1v) is 2.54. The van der Waals surface area contributed by atoms with E-state index in [0.717, 1.165) is 5.40 Å². The maximum absolute atomic E-state index is 9.42. The van der Waals surface area contributed by atoms with Gasteiger partial charge < -0.3 is 0 Å². The van der Waals surface area contributed by atoms with Crippen molar-refractivity contribution in [2.24, 2.45) is 5.14 Å². The predicted molar refractivity (Wildman–Crippen MR) is 18.7 cm³/mol. The summed E-state index contributed by atoms with van der Waals surface area (Å²) in [5, 5.41) is 12.4. The zero-order valence-electron chi connectivity index (χ0n) is 2.75. The molecule has 0 rings (SSSR count). The summed E-state index contributed by atoms with van der Waals surface area (Å²) >= 11 is 0. The third-order valence-electron chi connectivity index (χ3n) is 0.127. The molecule has 0 saturated heterocycles. The molecule has 0 bridgehead atoms. The maximum atomic E-state index is 9.42. The number of nitrogens with two attached hydrogens (primary N) is 1. The first kappa shape index (κ1) is 5.40. The van der Waals surface area contributed by atoms with Crippen LogP contribution in [-0.4, -0.2) is 8.42 Å². The van der Waals surface area contributed by atoms with Gasteiger partial charge in [-0.1, -0.05) is 0 Å². The molecule has 0 spiro atoms. The number of nitrogens with zero attached hydrogens (tertiary/aromatic N) is 1. The second-order valence-corrected chi connectivity index (χ2v) is 1.91. The molecule has 0 heterocycles. The van der Waals surface area contributed by atoms with Gasteiger partial charge in [-0.3, -0.25) is 0 Å². The molecular weight excluding hydrogens is 104 g/mol. The summed E-state index contributed by atoms with van der Waals surface area (Å²) in [6, 6.07) is 0. The molecule has 0 aromatic rings. The van der Waals surface area contributed by atoms with Crippen molar-refractivity contribution >= 4 is 10.0 Å². The molecule has 0 atom stereocenters. The van der Waals surface area contributed by atoms with Crippen LogP contribution in [-0.2, 0) is 10.0 Å². The van der Waals surface area contributed by atoms with Gasteiger partial charge in [-0.15, -0.1) is 0 Å². The van der Waals surface area contributed by atoms with E-state index in [1.54, 1.807) is 0 Å². The number of hydrogen-bond acceptors (Lipinski definition) is 3. The normalized spacial score (nSPS) is 10.0. The lowest BCUT2D eigenvalue weighted by atomic mass is 11.8. The van der Waals surface area contributed by atoms with Crippen LogP contribution in [0.15, 0.2) is 0 Å². The lowest BCUT2D eigenvalue weighted by Gasteiger charge is -1.67. The fourth-order valence-corrected chi connectivity index (χ4v) is 0. The second kappa shape index (κ2) is 1.24. The molecule has 0 aromatic carbocycles. The Morgan fingerprint density at radius 3 is 1.83 bits per heavy atom. The molecular formula is CH2N2O2S. The zero-order chi connectivity index (χ0) is 5.21. The summed E-state index contributed by atoms with van der Waals surface area (Å²) in [5.74, 6) is 0. The molecule has 0 aliphatic rings. The Kier molecular flexibility index (Phi) is 1.12. The van der Waals surface area contributed by atoms with Gasteiger partial charge in [-0.25, -0.2) is 5.14 Å². The molecule has 2 N–H and O–H groups in total. The van der Waals surface area contributed by atoms with Crippen molar-refractivity contribution in [2.45, 2.75) is 0 Å². The zero-order valence-corrected chi connectivity index (χ0v) is 3.57. The third-order valence-corrected chi connectivity index (χ3v) is 0.382. The fourth-order valence-electron chi connectivity index (χ4n) is 0. The number of primary sulfonamides is 1. The summed E-state index contributed by atoms with van der Waals surface area (Å²) in [5.41, 5.74) is 0. The summed E-state index contributed by atoms with van der Waals surface area (Å²) in [6.07, 6.45) is 0. The van der Waals surface area contributed by atoms with Crippen molar-refractivity contribution in [1.82, 2.24) is 0 Å². The van der Waals surface area contributed by atoms with Gasteiger partial charge in [0.1, 0.15) is 0 Å². The fraction of sp³-hybridized carbons (Fsp3) is 0. The molecule has 5 heteroatoms. The van der Waals surface area contributed by atoms with Crippen molar-refractivity contribution in [3.8, 4) is 5.40 Å². The maximum Gasteiger partial charge on any atom is 0.302 e. The molecule has 6 heavy (non-hydrogen) atoms. The van der Waals surface area contributed by atoms with Crippen molar-refractivity contribution in [3.05, 3.63) is 0 Å². The van der Waals surface area contributed by atoms with E-state index >= 15 is 0 Å². The number of hydrogen-bond donors (Lipinski definition) is 1. The molecule has 0 aliphatic carbocycles. The largest absolute Gasteiger partial charge is 0.302 e. The van der Waals surface area contributed by atoms with Gasteiger partial charge >= 0.3 is 10.0 Å². The van der Waals surface area contributed by atoms with Crippen molar-refractivity contribution in [1.29, 1.82) is 5.26 Å². The molecule has 4 nitrogen and oxygen atoms in total. The first-order valence-electron chi connectivity index (χ1n) is 0.997. The number of nitriles is 1. The summed E-state index contributed by atoms with van der Waals surface area (Å²) in [4.78, 5) is 0. The van der Waals surface area contributed by atoms with Gasteiger partial charge in [0.15, 0.2) is 0 Å². The first-order chi connectivity index (χ1) is 2.56. The molecule has 0 amide bonds. The minimum atomic E-state index is -3.86. The van der Waals surface area contributed by atoms with E-state index in [1.807, 2.05) is 0 Å². The van der Waals surface area contributed by atoms with E-state index in [-0.39, 0.29) is 0 Å². The van der Waals surface area contributed by atoms with Crippen LogP contribution in [0, 0.1) is 10.7 Å². The van der Waals surface area contributed by atoms with Crippen molar-refractivity contribution in [2.75, 3.05) is 0 Å². The van der Waals surface area contributed by atoms with Gasteiger partial charge in [-0.2, -0.15) is 13.7 Å². The Morgan fingerprint density at radius 1 is 1.67 bits per heavy atom. The number of sulfonamides is 1.